The molecule has 0 aliphatic carbocycles. The monoisotopic (exact) mass is 202 g/mol. The summed E-state index contributed by atoms with van der Waals surface area (Å²) in [4.78, 5) is 18.3. The van der Waals surface area contributed by atoms with Crippen LogP contribution in [0.2, 0.25) is 0 Å². The highest BCUT2D eigenvalue weighted by Crippen LogP contribution is 2.10. The first kappa shape index (κ1) is 9.58. The summed E-state index contributed by atoms with van der Waals surface area (Å²) >= 11 is 0. The van der Waals surface area contributed by atoms with E-state index in [9.17, 15) is 4.79 Å². The number of hydrogen-bond donors (Lipinski definition) is 0. The average Bonchev–Trinajstić information content (AvgIpc) is 2.29. The van der Waals surface area contributed by atoms with E-state index in [1.807, 2.05) is 18.2 Å². The fourth-order valence-corrected chi connectivity index (χ4v) is 1.37. The normalized spacial score (nSPS) is 10.1. The van der Waals surface area contributed by atoms with E-state index in [1.54, 1.807) is 12.4 Å². The molecule has 0 amide bonds. The van der Waals surface area contributed by atoms with Gasteiger partial charge in [0.25, 0.3) is 6.47 Å². The van der Waals surface area contributed by atoms with Crippen molar-refractivity contribution in [1.29, 1.82) is 0 Å². The van der Waals surface area contributed by atoms with Gasteiger partial charge in [-0.2, -0.15) is 0 Å². The fourth-order valence-electron chi connectivity index (χ4n) is 1.37. The molecule has 2 rings (SSSR count). The van der Waals surface area contributed by atoms with Crippen molar-refractivity contribution in [3.05, 3.63) is 36.2 Å². The van der Waals surface area contributed by atoms with Gasteiger partial charge in [-0.05, 0) is 23.8 Å². The number of rotatable bonds is 4. The SMILES string of the molecule is O=COCCc1cnc2ncccc2c1. The van der Waals surface area contributed by atoms with Crippen LogP contribution in [0.5, 0.6) is 0 Å². The first-order valence-corrected chi connectivity index (χ1v) is 4.65. The first-order valence-electron chi connectivity index (χ1n) is 4.65. The van der Waals surface area contributed by atoms with Crippen LogP contribution in [-0.4, -0.2) is 23.0 Å². The molecule has 15 heavy (non-hydrogen) atoms. The summed E-state index contributed by atoms with van der Waals surface area (Å²) in [6, 6.07) is 5.83. The van der Waals surface area contributed by atoms with Gasteiger partial charge in [0.15, 0.2) is 5.65 Å². The van der Waals surface area contributed by atoms with Gasteiger partial charge in [-0.15, -0.1) is 0 Å². The summed E-state index contributed by atoms with van der Waals surface area (Å²) in [6.45, 7) is 0.840. The van der Waals surface area contributed by atoms with Gasteiger partial charge in [-0.1, -0.05) is 0 Å². The molecule has 4 heteroatoms. The summed E-state index contributed by atoms with van der Waals surface area (Å²) in [5, 5.41) is 1.00. The van der Waals surface area contributed by atoms with Gasteiger partial charge in [-0.3, -0.25) is 4.79 Å². The third-order valence-corrected chi connectivity index (χ3v) is 2.09. The van der Waals surface area contributed by atoms with E-state index in [0.29, 0.717) is 19.5 Å². The highest BCUT2D eigenvalue weighted by molar-refractivity contribution is 5.74. The summed E-state index contributed by atoms with van der Waals surface area (Å²) in [5.74, 6) is 0. The number of ether oxygens (including phenoxy) is 1. The van der Waals surface area contributed by atoms with Crippen LogP contribution in [0, 0.1) is 0 Å². The molecule has 0 spiro atoms. The molecular formula is C11H10N2O2. The molecule has 76 valence electrons. The maximum atomic E-state index is 9.96. The lowest BCUT2D eigenvalue weighted by molar-refractivity contribution is -0.128. The molecule has 0 N–H and O–H groups in total. The molecule has 0 unspecified atom stereocenters. The van der Waals surface area contributed by atoms with Crippen LogP contribution in [0.3, 0.4) is 0 Å². The van der Waals surface area contributed by atoms with Crippen molar-refractivity contribution < 1.29 is 9.53 Å². The fraction of sp³-hybridized carbons (Fsp3) is 0.182. The zero-order valence-electron chi connectivity index (χ0n) is 8.09. The predicted octanol–water partition coefficient (Wildman–Crippen LogP) is 1.35. The molecule has 0 saturated carbocycles. The smallest absolute Gasteiger partial charge is 0.293 e. The molecule has 0 aromatic carbocycles. The molecule has 2 heterocycles. The van der Waals surface area contributed by atoms with E-state index in [4.69, 9.17) is 0 Å². The van der Waals surface area contributed by atoms with Gasteiger partial charge in [0.2, 0.25) is 0 Å². The molecule has 0 atom stereocenters. The van der Waals surface area contributed by atoms with E-state index in [0.717, 1.165) is 16.6 Å². The zero-order chi connectivity index (χ0) is 10.5. The first-order chi connectivity index (χ1) is 7.40. The van der Waals surface area contributed by atoms with Gasteiger partial charge in [-0.25, -0.2) is 9.97 Å². The van der Waals surface area contributed by atoms with Crippen molar-refractivity contribution in [1.82, 2.24) is 9.97 Å². The second-order valence-corrected chi connectivity index (χ2v) is 3.11. The number of carbonyl (C=O) groups excluding carboxylic acids is 1. The minimum atomic E-state index is 0.386. The van der Waals surface area contributed by atoms with Gasteiger partial charge in [0.05, 0.1) is 6.61 Å². The molecule has 0 fully saturated rings. The Hall–Kier alpha value is -1.97. The van der Waals surface area contributed by atoms with Crippen molar-refractivity contribution in [3.8, 4) is 0 Å². The number of carbonyl (C=O) groups is 1. The summed E-state index contributed by atoms with van der Waals surface area (Å²) in [7, 11) is 0. The van der Waals surface area contributed by atoms with Crippen molar-refractivity contribution in [2.75, 3.05) is 6.61 Å². The number of aromatic nitrogens is 2. The van der Waals surface area contributed by atoms with E-state index in [2.05, 4.69) is 14.7 Å². The van der Waals surface area contributed by atoms with Gasteiger partial charge in [0, 0.05) is 24.2 Å². The Labute approximate surface area is 86.9 Å². The summed E-state index contributed by atoms with van der Waals surface area (Å²) in [5.41, 5.74) is 1.77. The Morgan fingerprint density at radius 1 is 1.40 bits per heavy atom. The molecule has 2 aromatic heterocycles. The van der Waals surface area contributed by atoms with E-state index in [1.165, 1.54) is 0 Å². The zero-order valence-corrected chi connectivity index (χ0v) is 8.09. The molecule has 0 aliphatic heterocycles. The lowest BCUT2D eigenvalue weighted by Gasteiger charge is -2.01. The van der Waals surface area contributed by atoms with Crippen LogP contribution < -0.4 is 0 Å². The molecule has 0 radical (unpaired) electrons. The minimum absolute atomic E-state index is 0.386. The van der Waals surface area contributed by atoms with Gasteiger partial charge >= 0.3 is 0 Å². The van der Waals surface area contributed by atoms with Crippen LogP contribution in [0.25, 0.3) is 11.0 Å². The van der Waals surface area contributed by atoms with Crippen LogP contribution >= 0.6 is 0 Å². The summed E-state index contributed by atoms with van der Waals surface area (Å²) in [6.07, 6.45) is 4.14. The van der Waals surface area contributed by atoms with Crippen LogP contribution in [0.4, 0.5) is 0 Å². The highest BCUT2D eigenvalue weighted by Gasteiger charge is 1.98. The maximum absolute atomic E-state index is 9.96. The molecule has 0 saturated heterocycles. The molecule has 0 bridgehead atoms. The van der Waals surface area contributed by atoms with Gasteiger partial charge in [0.1, 0.15) is 0 Å². The average molecular weight is 202 g/mol. The van der Waals surface area contributed by atoms with Crippen molar-refractivity contribution in [2.45, 2.75) is 6.42 Å². The van der Waals surface area contributed by atoms with E-state index >= 15 is 0 Å². The highest BCUT2D eigenvalue weighted by atomic mass is 16.5. The molecule has 0 aliphatic rings. The van der Waals surface area contributed by atoms with E-state index < -0.39 is 0 Å². The third kappa shape index (κ3) is 2.28. The minimum Gasteiger partial charge on any atom is -0.468 e. The number of fused-ring (bicyclic) bond motifs is 1. The molecular weight excluding hydrogens is 192 g/mol. The molecule has 2 aromatic rings. The predicted molar refractivity (Wildman–Crippen MR) is 55.3 cm³/mol. The van der Waals surface area contributed by atoms with Crippen molar-refractivity contribution in [3.63, 3.8) is 0 Å². The van der Waals surface area contributed by atoms with E-state index in [-0.39, 0.29) is 0 Å². The third-order valence-electron chi connectivity index (χ3n) is 2.09. The van der Waals surface area contributed by atoms with Crippen LogP contribution in [0.15, 0.2) is 30.6 Å². The van der Waals surface area contributed by atoms with Crippen molar-refractivity contribution >= 4 is 17.5 Å². The topological polar surface area (TPSA) is 52.1 Å². The Morgan fingerprint density at radius 3 is 3.20 bits per heavy atom. The second-order valence-electron chi connectivity index (χ2n) is 3.11. The number of pyridine rings is 2. The molecule has 4 nitrogen and oxygen atoms in total. The summed E-state index contributed by atoms with van der Waals surface area (Å²) < 4.78 is 4.63. The standard InChI is InChI=1S/C11H10N2O2/c14-8-15-5-3-9-6-10-2-1-4-12-11(10)13-7-9/h1-2,4,6-8H,3,5H2. The maximum Gasteiger partial charge on any atom is 0.293 e. The number of nitrogens with zero attached hydrogens (tertiary/aromatic N) is 2. The Bertz CT molecular complexity index is 471. The van der Waals surface area contributed by atoms with Crippen LogP contribution in [0.1, 0.15) is 5.56 Å². The number of hydrogen-bond acceptors (Lipinski definition) is 4. The Kier molecular flexibility index (Phi) is 2.88. The van der Waals surface area contributed by atoms with Crippen molar-refractivity contribution in [2.24, 2.45) is 0 Å². The quantitative estimate of drug-likeness (QED) is 0.554. The van der Waals surface area contributed by atoms with Crippen LogP contribution in [-0.2, 0) is 16.0 Å². The Balaban J connectivity index is 2.19. The lowest BCUT2D eigenvalue weighted by Crippen LogP contribution is -1.97. The second kappa shape index (κ2) is 4.50. The van der Waals surface area contributed by atoms with Gasteiger partial charge < -0.3 is 4.74 Å². The largest absolute Gasteiger partial charge is 0.468 e. The lowest BCUT2D eigenvalue weighted by atomic mass is 10.2. The Morgan fingerprint density at radius 2 is 2.33 bits per heavy atom.